The molecule has 0 spiro atoms. The minimum absolute atomic E-state index is 0.0134. The van der Waals surface area contributed by atoms with Gasteiger partial charge < -0.3 is 10.6 Å². The molecule has 1 aromatic rings. The van der Waals surface area contributed by atoms with Gasteiger partial charge in [-0.15, -0.1) is 0 Å². The molecule has 2 amide bonds. The fraction of sp³-hybridized carbons (Fsp3) is 0.529. The summed E-state index contributed by atoms with van der Waals surface area (Å²) in [7, 11) is 0. The number of halogens is 4. The van der Waals surface area contributed by atoms with Gasteiger partial charge in [-0.1, -0.05) is 31.4 Å². The first-order valence-electron chi connectivity index (χ1n) is 8.17. The normalized spacial score (nSPS) is 15.6. The van der Waals surface area contributed by atoms with Crippen LogP contribution in [0.4, 0.5) is 18.9 Å². The summed E-state index contributed by atoms with van der Waals surface area (Å²) < 4.78 is 38.4. The van der Waals surface area contributed by atoms with E-state index in [1.54, 1.807) is 0 Å². The minimum Gasteiger partial charge on any atom is -0.355 e. The molecule has 1 aliphatic rings. The van der Waals surface area contributed by atoms with Crippen molar-refractivity contribution >= 4 is 29.1 Å². The first-order valence-corrected chi connectivity index (χ1v) is 8.55. The van der Waals surface area contributed by atoms with Crippen LogP contribution in [0.1, 0.15) is 44.6 Å². The molecule has 0 heterocycles. The number of amides is 2. The molecule has 4 nitrogen and oxygen atoms in total. The van der Waals surface area contributed by atoms with Crippen molar-refractivity contribution < 1.29 is 22.8 Å². The summed E-state index contributed by atoms with van der Waals surface area (Å²) in [6.07, 6.45) is -1.00. The number of carbonyl (C=O) groups is 2. The van der Waals surface area contributed by atoms with E-state index in [-0.39, 0.29) is 16.6 Å². The highest BCUT2D eigenvalue weighted by Crippen LogP contribution is 2.47. The summed E-state index contributed by atoms with van der Waals surface area (Å²) in [6.45, 7) is 2.52. The predicted octanol–water partition coefficient (Wildman–Crippen LogP) is 4.38. The van der Waals surface area contributed by atoms with Crippen molar-refractivity contribution in [1.29, 1.82) is 0 Å². The lowest BCUT2D eigenvalue weighted by molar-refractivity contribution is -0.138. The van der Waals surface area contributed by atoms with Crippen molar-refractivity contribution in [1.82, 2.24) is 5.32 Å². The Morgan fingerprint density at radius 1 is 1.20 bits per heavy atom. The topological polar surface area (TPSA) is 58.2 Å². The first kappa shape index (κ1) is 19.6. The van der Waals surface area contributed by atoms with Gasteiger partial charge in [0.15, 0.2) is 0 Å². The number of nitrogens with one attached hydrogen (secondary N) is 2. The summed E-state index contributed by atoms with van der Waals surface area (Å²) in [6, 6.07) is 2.69. The van der Waals surface area contributed by atoms with Gasteiger partial charge >= 0.3 is 6.18 Å². The standard InChI is InChI=1S/C17H20ClF3N2O2/c1-2-3-4-9-22-14(24)16(7-8-16)15(25)23-13-10-11(17(19,20)21)5-6-12(13)18/h5-6,10H,2-4,7-9H2,1H3,(H,22,24)(H,23,25). The summed E-state index contributed by atoms with van der Waals surface area (Å²) in [4.78, 5) is 24.7. The van der Waals surface area contributed by atoms with Crippen LogP contribution >= 0.6 is 11.6 Å². The van der Waals surface area contributed by atoms with Gasteiger partial charge in [-0.3, -0.25) is 9.59 Å². The van der Waals surface area contributed by atoms with Gasteiger partial charge in [-0.05, 0) is 37.5 Å². The second-order valence-electron chi connectivity index (χ2n) is 6.19. The number of rotatable bonds is 7. The van der Waals surface area contributed by atoms with E-state index in [0.29, 0.717) is 19.4 Å². The largest absolute Gasteiger partial charge is 0.416 e. The van der Waals surface area contributed by atoms with Crippen LogP contribution in [0.3, 0.4) is 0 Å². The van der Waals surface area contributed by atoms with Crippen LogP contribution < -0.4 is 10.6 Å². The summed E-state index contributed by atoms with van der Waals surface area (Å²) in [5.74, 6) is -1.01. The number of hydrogen-bond donors (Lipinski definition) is 2. The molecule has 0 aliphatic heterocycles. The number of unbranched alkanes of at least 4 members (excludes halogenated alkanes) is 2. The molecule has 138 valence electrons. The van der Waals surface area contributed by atoms with Crippen LogP contribution in [0.2, 0.25) is 5.02 Å². The molecule has 1 aliphatic carbocycles. The predicted molar refractivity (Wildman–Crippen MR) is 89.3 cm³/mol. The second-order valence-corrected chi connectivity index (χ2v) is 6.60. The number of benzene rings is 1. The van der Waals surface area contributed by atoms with Crippen LogP contribution in [-0.4, -0.2) is 18.4 Å². The number of hydrogen-bond acceptors (Lipinski definition) is 2. The van der Waals surface area contributed by atoms with Crippen molar-refractivity contribution in [3.05, 3.63) is 28.8 Å². The van der Waals surface area contributed by atoms with Gasteiger partial charge in [0.05, 0.1) is 16.3 Å². The maximum absolute atomic E-state index is 12.8. The molecular formula is C17H20ClF3N2O2. The van der Waals surface area contributed by atoms with Crippen LogP contribution in [0.5, 0.6) is 0 Å². The SMILES string of the molecule is CCCCCNC(=O)C1(C(=O)Nc2cc(C(F)(F)F)ccc2Cl)CC1. The third-order valence-electron chi connectivity index (χ3n) is 4.23. The van der Waals surface area contributed by atoms with Crippen LogP contribution in [0.15, 0.2) is 18.2 Å². The van der Waals surface area contributed by atoms with Gasteiger partial charge in [0.25, 0.3) is 0 Å². The van der Waals surface area contributed by atoms with E-state index in [2.05, 4.69) is 10.6 Å². The van der Waals surface area contributed by atoms with Crippen LogP contribution in [0, 0.1) is 5.41 Å². The zero-order valence-corrected chi connectivity index (χ0v) is 14.6. The molecule has 2 rings (SSSR count). The van der Waals surface area contributed by atoms with Gasteiger partial charge in [0.2, 0.25) is 11.8 Å². The van der Waals surface area contributed by atoms with Gasteiger partial charge in [-0.25, -0.2) is 0 Å². The molecular weight excluding hydrogens is 357 g/mol. The quantitative estimate of drug-likeness (QED) is 0.548. The Balaban J connectivity index is 2.05. The minimum atomic E-state index is -4.54. The molecule has 1 fully saturated rings. The molecule has 0 atom stereocenters. The Bertz CT molecular complexity index is 658. The van der Waals surface area contributed by atoms with Crippen molar-refractivity contribution in [3.8, 4) is 0 Å². The molecule has 0 radical (unpaired) electrons. The number of carbonyl (C=O) groups excluding carboxylic acids is 2. The Morgan fingerprint density at radius 2 is 1.88 bits per heavy atom. The smallest absolute Gasteiger partial charge is 0.355 e. The van der Waals surface area contributed by atoms with E-state index in [9.17, 15) is 22.8 Å². The lowest BCUT2D eigenvalue weighted by atomic mass is 10.0. The Morgan fingerprint density at radius 3 is 2.44 bits per heavy atom. The zero-order chi connectivity index (χ0) is 18.7. The monoisotopic (exact) mass is 376 g/mol. The molecule has 0 unspecified atom stereocenters. The fourth-order valence-corrected chi connectivity index (χ4v) is 2.63. The Kier molecular flexibility index (Phi) is 5.98. The molecule has 1 aromatic carbocycles. The van der Waals surface area contributed by atoms with Crippen LogP contribution in [0.25, 0.3) is 0 Å². The fourth-order valence-electron chi connectivity index (χ4n) is 2.47. The van der Waals surface area contributed by atoms with Gasteiger partial charge in [0.1, 0.15) is 5.41 Å². The first-order chi connectivity index (χ1) is 11.7. The number of alkyl halides is 3. The van der Waals surface area contributed by atoms with Crippen molar-refractivity contribution in [3.63, 3.8) is 0 Å². The molecule has 0 aromatic heterocycles. The molecule has 2 N–H and O–H groups in total. The van der Waals surface area contributed by atoms with E-state index in [0.717, 1.165) is 37.5 Å². The molecule has 1 saturated carbocycles. The average Bonchev–Trinajstić information content (AvgIpc) is 3.34. The van der Waals surface area contributed by atoms with Crippen molar-refractivity contribution in [2.75, 3.05) is 11.9 Å². The van der Waals surface area contributed by atoms with E-state index in [1.165, 1.54) is 0 Å². The van der Waals surface area contributed by atoms with Gasteiger partial charge in [-0.2, -0.15) is 13.2 Å². The Hall–Kier alpha value is -1.76. The lowest BCUT2D eigenvalue weighted by Gasteiger charge is -2.17. The molecule has 0 bridgehead atoms. The third kappa shape index (κ3) is 4.66. The maximum atomic E-state index is 12.8. The van der Waals surface area contributed by atoms with E-state index in [4.69, 9.17) is 11.6 Å². The highest BCUT2D eigenvalue weighted by Gasteiger charge is 2.56. The third-order valence-corrected chi connectivity index (χ3v) is 4.56. The number of anilines is 1. The van der Waals surface area contributed by atoms with Gasteiger partial charge in [0, 0.05) is 6.54 Å². The van der Waals surface area contributed by atoms with E-state index >= 15 is 0 Å². The summed E-state index contributed by atoms with van der Waals surface area (Å²) in [5, 5.41) is 5.09. The molecule has 0 saturated heterocycles. The second kappa shape index (κ2) is 7.64. The highest BCUT2D eigenvalue weighted by molar-refractivity contribution is 6.34. The van der Waals surface area contributed by atoms with E-state index < -0.39 is 23.1 Å². The molecule has 25 heavy (non-hydrogen) atoms. The van der Waals surface area contributed by atoms with Crippen LogP contribution in [-0.2, 0) is 15.8 Å². The summed E-state index contributed by atoms with van der Waals surface area (Å²) in [5.41, 5.74) is -2.27. The summed E-state index contributed by atoms with van der Waals surface area (Å²) >= 11 is 5.88. The molecule has 8 heteroatoms. The highest BCUT2D eigenvalue weighted by atomic mass is 35.5. The van der Waals surface area contributed by atoms with Crippen molar-refractivity contribution in [2.24, 2.45) is 5.41 Å². The average molecular weight is 377 g/mol. The Labute approximate surface area is 149 Å². The maximum Gasteiger partial charge on any atom is 0.416 e. The van der Waals surface area contributed by atoms with E-state index in [1.807, 2.05) is 6.92 Å². The van der Waals surface area contributed by atoms with Crippen molar-refractivity contribution in [2.45, 2.75) is 45.2 Å². The lowest BCUT2D eigenvalue weighted by Crippen LogP contribution is -2.40. The zero-order valence-electron chi connectivity index (χ0n) is 13.8.